The third kappa shape index (κ3) is 2.44. The molecule has 0 saturated heterocycles. The fourth-order valence-corrected chi connectivity index (χ4v) is 5.65. The summed E-state index contributed by atoms with van der Waals surface area (Å²) in [7, 11) is 0. The van der Waals surface area contributed by atoms with Gasteiger partial charge < -0.3 is 0 Å². The number of hydrogen-bond acceptors (Lipinski definition) is 3. The zero-order chi connectivity index (χ0) is 20.2. The summed E-state index contributed by atoms with van der Waals surface area (Å²) < 4.78 is 2.40. The third-order valence-corrected chi connectivity index (χ3v) is 6.96. The summed E-state index contributed by atoms with van der Waals surface area (Å²) in [6, 6.07) is 30.2. The topological polar surface area (TPSA) is 43.1 Å². The molecular formula is C26H15NO2S. The molecule has 0 N–H and O–H groups in total. The lowest BCUT2D eigenvalue weighted by atomic mass is 9.95. The zero-order valence-corrected chi connectivity index (χ0v) is 16.6. The van der Waals surface area contributed by atoms with E-state index in [0.29, 0.717) is 5.56 Å². The predicted octanol–water partition coefficient (Wildman–Crippen LogP) is 7.94. The molecule has 5 aromatic carbocycles. The normalized spacial score (nSPS) is 11.6. The van der Waals surface area contributed by atoms with Crippen molar-refractivity contribution in [1.82, 2.24) is 0 Å². The van der Waals surface area contributed by atoms with Crippen molar-refractivity contribution >= 4 is 58.7 Å². The minimum Gasteiger partial charge on any atom is -0.258 e. The van der Waals surface area contributed by atoms with Crippen molar-refractivity contribution in [2.45, 2.75) is 0 Å². The lowest BCUT2D eigenvalue weighted by Gasteiger charge is -2.08. The number of thiophene rings is 1. The number of nitro groups is 1. The van der Waals surface area contributed by atoms with Gasteiger partial charge >= 0.3 is 0 Å². The van der Waals surface area contributed by atoms with Gasteiger partial charge in [0.2, 0.25) is 0 Å². The van der Waals surface area contributed by atoms with E-state index < -0.39 is 0 Å². The largest absolute Gasteiger partial charge is 0.277 e. The van der Waals surface area contributed by atoms with Gasteiger partial charge in [0.1, 0.15) is 0 Å². The molecule has 1 aromatic heterocycles. The number of benzene rings is 5. The van der Waals surface area contributed by atoms with Crippen molar-refractivity contribution in [3.8, 4) is 11.1 Å². The van der Waals surface area contributed by atoms with E-state index in [1.165, 1.54) is 26.2 Å². The van der Waals surface area contributed by atoms with Gasteiger partial charge in [0, 0.05) is 26.2 Å². The molecule has 6 rings (SSSR count). The SMILES string of the molecule is O=[N+]([O-])c1ccc2ccccc2c1-c1ccc2c(c1)sc1c3ccccc3ccc21. The monoisotopic (exact) mass is 405 g/mol. The maximum Gasteiger partial charge on any atom is 0.277 e. The van der Waals surface area contributed by atoms with Crippen molar-refractivity contribution in [2.75, 3.05) is 0 Å². The molecule has 30 heavy (non-hydrogen) atoms. The van der Waals surface area contributed by atoms with E-state index >= 15 is 0 Å². The Morgan fingerprint density at radius 2 is 1.33 bits per heavy atom. The summed E-state index contributed by atoms with van der Waals surface area (Å²) in [5.74, 6) is 0. The van der Waals surface area contributed by atoms with Crippen LogP contribution in [0.2, 0.25) is 0 Å². The molecule has 0 atom stereocenters. The first kappa shape index (κ1) is 17.1. The molecule has 0 fully saturated rings. The molecule has 0 amide bonds. The molecule has 4 heteroatoms. The maximum absolute atomic E-state index is 11.8. The van der Waals surface area contributed by atoms with Crippen molar-refractivity contribution in [2.24, 2.45) is 0 Å². The lowest BCUT2D eigenvalue weighted by molar-refractivity contribution is -0.384. The first-order chi connectivity index (χ1) is 14.7. The van der Waals surface area contributed by atoms with Crippen molar-refractivity contribution in [3.63, 3.8) is 0 Å². The van der Waals surface area contributed by atoms with Crippen LogP contribution in [0, 0.1) is 10.1 Å². The Morgan fingerprint density at radius 1 is 0.667 bits per heavy atom. The van der Waals surface area contributed by atoms with Crippen LogP contribution in [-0.2, 0) is 0 Å². The Hall–Kier alpha value is -3.76. The average Bonchev–Trinajstić information content (AvgIpc) is 3.16. The highest BCUT2D eigenvalue weighted by molar-refractivity contribution is 7.26. The van der Waals surface area contributed by atoms with Gasteiger partial charge in [0.15, 0.2) is 0 Å². The number of nitro benzene ring substituents is 1. The minimum atomic E-state index is -0.287. The summed E-state index contributed by atoms with van der Waals surface area (Å²) >= 11 is 1.75. The Morgan fingerprint density at radius 3 is 2.13 bits per heavy atom. The highest BCUT2D eigenvalue weighted by atomic mass is 32.1. The van der Waals surface area contributed by atoms with Gasteiger partial charge in [0.25, 0.3) is 5.69 Å². The quantitative estimate of drug-likeness (QED) is 0.217. The molecule has 142 valence electrons. The van der Waals surface area contributed by atoms with Gasteiger partial charge in [-0.1, -0.05) is 72.8 Å². The molecule has 0 aliphatic carbocycles. The first-order valence-electron chi connectivity index (χ1n) is 9.71. The second kappa shape index (κ2) is 6.37. The number of rotatable bonds is 2. The molecule has 0 saturated carbocycles. The van der Waals surface area contributed by atoms with Crippen LogP contribution in [-0.4, -0.2) is 4.92 Å². The van der Waals surface area contributed by atoms with E-state index in [2.05, 4.69) is 48.5 Å². The molecule has 0 unspecified atom stereocenters. The van der Waals surface area contributed by atoms with Crippen LogP contribution < -0.4 is 0 Å². The predicted molar refractivity (Wildman–Crippen MR) is 126 cm³/mol. The summed E-state index contributed by atoms with van der Waals surface area (Å²) in [4.78, 5) is 11.5. The Bertz CT molecular complexity index is 1630. The fourth-order valence-electron chi connectivity index (χ4n) is 4.38. The van der Waals surface area contributed by atoms with Crippen LogP contribution in [0.1, 0.15) is 0 Å². The van der Waals surface area contributed by atoms with E-state index in [0.717, 1.165) is 21.0 Å². The minimum absolute atomic E-state index is 0.139. The van der Waals surface area contributed by atoms with Gasteiger partial charge in [-0.3, -0.25) is 10.1 Å². The standard InChI is InChI=1S/C26H15NO2S/c28-27(29)23-14-11-16-5-1-3-7-19(16)25(23)18-10-12-21-22-13-9-17-6-2-4-8-20(17)26(22)30-24(21)15-18/h1-15H. The molecule has 0 aliphatic rings. The Kier molecular flexibility index (Phi) is 3.64. The van der Waals surface area contributed by atoms with E-state index in [1.807, 2.05) is 36.4 Å². The molecule has 6 aromatic rings. The van der Waals surface area contributed by atoms with Gasteiger partial charge in [0.05, 0.1) is 10.5 Å². The first-order valence-corrected chi connectivity index (χ1v) is 10.5. The Balaban J connectivity index is 1.68. The van der Waals surface area contributed by atoms with E-state index in [1.54, 1.807) is 17.4 Å². The molecule has 0 aliphatic heterocycles. The summed E-state index contributed by atoms with van der Waals surface area (Å²) in [6.45, 7) is 0. The molecule has 1 heterocycles. The van der Waals surface area contributed by atoms with Crippen molar-refractivity contribution in [1.29, 1.82) is 0 Å². The van der Waals surface area contributed by atoms with E-state index in [9.17, 15) is 10.1 Å². The van der Waals surface area contributed by atoms with Crippen LogP contribution in [0.5, 0.6) is 0 Å². The highest BCUT2D eigenvalue weighted by Gasteiger charge is 2.19. The fraction of sp³-hybridized carbons (Fsp3) is 0. The van der Waals surface area contributed by atoms with Crippen molar-refractivity contribution < 1.29 is 4.92 Å². The smallest absolute Gasteiger partial charge is 0.258 e. The molecule has 0 radical (unpaired) electrons. The van der Waals surface area contributed by atoms with Crippen LogP contribution in [0.4, 0.5) is 5.69 Å². The van der Waals surface area contributed by atoms with E-state index in [-0.39, 0.29) is 10.6 Å². The Labute approximate surface area is 176 Å². The van der Waals surface area contributed by atoms with Gasteiger partial charge in [-0.2, -0.15) is 0 Å². The lowest BCUT2D eigenvalue weighted by Crippen LogP contribution is -1.93. The van der Waals surface area contributed by atoms with Crippen LogP contribution >= 0.6 is 11.3 Å². The van der Waals surface area contributed by atoms with Crippen molar-refractivity contribution in [3.05, 3.63) is 101 Å². The molecule has 0 spiro atoms. The second-order valence-corrected chi connectivity index (χ2v) is 8.47. The molecule has 3 nitrogen and oxygen atoms in total. The highest BCUT2D eigenvalue weighted by Crippen LogP contribution is 2.42. The second-order valence-electron chi connectivity index (χ2n) is 7.41. The third-order valence-electron chi connectivity index (χ3n) is 5.76. The summed E-state index contributed by atoms with van der Waals surface area (Å²) in [5.41, 5.74) is 1.70. The number of fused-ring (bicyclic) bond motifs is 6. The summed E-state index contributed by atoms with van der Waals surface area (Å²) in [5, 5.41) is 18.6. The number of hydrogen-bond donors (Lipinski definition) is 0. The number of nitrogens with zero attached hydrogens (tertiary/aromatic N) is 1. The average molecular weight is 405 g/mol. The molecule has 0 bridgehead atoms. The summed E-state index contributed by atoms with van der Waals surface area (Å²) in [6.07, 6.45) is 0. The maximum atomic E-state index is 11.8. The van der Waals surface area contributed by atoms with Gasteiger partial charge in [-0.15, -0.1) is 11.3 Å². The van der Waals surface area contributed by atoms with Gasteiger partial charge in [-0.05, 0) is 39.2 Å². The van der Waals surface area contributed by atoms with Gasteiger partial charge in [-0.25, -0.2) is 0 Å². The molecular weight excluding hydrogens is 390 g/mol. The zero-order valence-electron chi connectivity index (χ0n) is 15.8. The van der Waals surface area contributed by atoms with Crippen LogP contribution in [0.15, 0.2) is 91.0 Å². The van der Waals surface area contributed by atoms with Crippen LogP contribution in [0.3, 0.4) is 0 Å². The van der Waals surface area contributed by atoms with E-state index in [4.69, 9.17) is 0 Å². The van der Waals surface area contributed by atoms with Crippen LogP contribution in [0.25, 0.3) is 52.8 Å².